The molecule has 20 heavy (non-hydrogen) atoms. The summed E-state index contributed by atoms with van der Waals surface area (Å²) in [7, 11) is 0. The largest absolute Gasteiger partial charge is 0.493 e. The minimum absolute atomic E-state index is 0.199. The van der Waals surface area contributed by atoms with Crippen LogP contribution < -0.4 is 10.1 Å². The molecule has 0 saturated heterocycles. The SMILES string of the molecule is CCC(C)(O)CNC(=O)C=Cc1ccc2c(c1)CCO2. The van der Waals surface area contributed by atoms with Crippen LogP contribution in [0.5, 0.6) is 5.75 Å². The fourth-order valence-corrected chi connectivity index (χ4v) is 1.94. The van der Waals surface area contributed by atoms with Crippen molar-refractivity contribution in [3.05, 3.63) is 35.4 Å². The molecule has 2 rings (SSSR count). The Balaban J connectivity index is 1.91. The number of nitrogens with one attached hydrogen (secondary N) is 1. The second-order valence-corrected chi connectivity index (χ2v) is 5.37. The van der Waals surface area contributed by atoms with E-state index in [9.17, 15) is 9.90 Å². The number of aliphatic hydroxyl groups is 1. The number of hydrogen-bond acceptors (Lipinski definition) is 3. The Kier molecular flexibility index (Phi) is 4.45. The third kappa shape index (κ3) is 3.84. The highest BCUT2D eigenvalue weighted by Crippen LogP contribution is 2.26. The van der Waals surface area contributed by atoms with E-state index in [1.54, 1.807) is 13.0 Å². The van der Waals surface area contributed by atoms with Gasteiger partial charge < -0.3 is 15.2 Å². The monoisotopic (exact) mass is 275 g/mol. The third-order valence-electron chi connectivity index (χ3n) is 3.55. The van der Waals surface area contributed by atoms with E-state index in [-0.39, 0.29) is 12.5 Å². The van der Waals surface area contributed by atoms with Crippen molar-refractivity contribution in [1.29, 1.82) is 0 Å². The van der Waals surface area contributed by atoms with Crippen LogP contribution in [-0.2, 0) is 11.2 Å². The van der Waals surface area contributed by atoms with Crippen molar-refractivity contribution in [1.82, 2.24) is 5.32 Å². The van der Waals surface area contributed by atoms with Gasteiger partial charge in [0.25, 0.3) is 0 Å². The molecule has 0 radical (unpaired) electrons. The lowest BCUT2D eigenvalue weighted by molar-refractivity contribution is -0.117. The Labute approximate surface area is 119 Å². The van der Waals surface area contributed by atoms with E-state index < -0.39 is 5.60 Å². The van der Waals surface area contributed by atoms with Gasteiger partial charge in [-0.2, -0.15) is 0 Å². The van der Waals surface area contributed by atoms with Crippen LogP contribution in [0.1, 0.15) is 31.4 Å². The van der Waals surface area contributed by atoms with E-state index in [4.69, 9.17) is 4.74 Å². The summed E-state index contributed by atoms with van der Waals surface area (Å²) in [5.41, 5.74) is 1.31. The second-order valence-electron chi connectivity index (χ2n) is 5.37. The van der Waals surface area contributed by atoms with E-state index >= 15 is 0 Å². The molecule has 1 aromatic carbocycles. The van der Waals surface area contributed by atoms with Crippen molar-refractivity contribution in [2.24, 2.45) is 0 Å². The number of amides is 1. The molecule has 1 atom stereocenters. The van der Waals surface area contributed by atoms with E-state index in [1.807, 2.05) is 25.1 Å². The van der Waals surface area contributed by atoms with Crippen LogP contribution >= 0.6 is 0 Å². The smallest absolute Gasteiger partial charge is 0.244 e. The molecule has 0 fully saturated rings. The number of rotatable bonds is 5. The van der Waals surface area contributed by atoms with Crippen LogP contribution in [0.15, 0.2) is 24.3 Å². The molecule has 1 aliphatic rings. The lowest BCUT2D eigenvalue weighted by Gasteiger charge is -2.20. The molecule has 0 aromatic heterocycles. The molecule has 108 valence electrons. The van der Waals surface area contributed by atoms with E-state index in [2.05, 4.69) is 5.32 Å². The number of fused-ring (bicyclic) bond motifs is 1. The number of ether oxygens (including phenoxy) is 1. The first-order valence-electron chi connectivity index (χ1n) is 6.94. The summed E-state index contributed by atoms with van der Waals surface area (Å²) in [6.07, 6.45) is 4.78. The molecule has 1 aromatic rings. The predicted molar refractivity (Wildman–Crippen MR) is 78.6 cm³/mol. The first-order chi connectivity index (χ1) is 9.50. The van der Waals surface area contributed by atoms with Crippen LogP contribution in [-0.4, -0.2) is 29.8 Å². The van der Waals surface area contributed by atoms with Gasteiger partial charge in [0, 0.05) is 19.0 Å². The Morgan fingerprint density at radius 3 is 3.10 bits per heavy atom. The molecule has 1 amide bonds. The highest BCUT2D eigenvalue weighted by Gasteiger charge is 2.17. The summed E-state index contributed by atoms with van der Waals surface area (Å²) < 4.78 is 5.44. The summed E-state index contributed by atoms with van der Waals surface area (Å²) >= 11 is 0. The van der Waals surface area contributed by atoms with Crippen molar-refractivity contribution in [2.45, 2.75) is 32.3 Å². The van der Waals surface area contributed by atoms with Gasteiger partial charge >= 0.3 is 0 Å². The number of carbonyl (C=O) groups is 1. The topological polar surface area (TPSA) is 58.6 Å². The van der Waals surface area contributed by atoms with Gasteiger partial charge in [-0.25, -0.2) is 0 Å². The number of benzene rings is 1. The average Bonchev–Trinajstić information content (AvgIpc) is 2.90. The maximum Gasteiger partial charge on any atom is 0.244 e. The molecule has 0 bridgehead atoms. The Morgan fingerprint density at radius 2 is 2.35 bits per heavy atom. The second kappa shape index (κ2) is 6.09. The fraction of sp³-hybridized carbons (Fsp3) is 0.438. The van der Waals surface area contributed by atoms with Crippen molar-refractivity contribution in [2.75, 3.05) is 13.2 Å². The molecular weight excluding hydrogens is 254 g/mol. The van der Waals surface area contributed by atoms with Gasteiger partial charge in [-0.3, -0.25) is 4.79 Å². The highest BCUT2D eigenvalue weighted by atomic mass is 16.5. The van der Waals surface area contributed by atoms with Gasteiger partial charge in [0.2, 0.25) is 5.91 Å². The quantitative estimate of drug-likeness (QED) is 0.807. The standard InChI is InChI=1S/C16H21NO3/c1-3-16(2,19)11-17-15(18)7-5-12-4-6-14-13(10-12)8-9-20-14/h4-7,10,19H,3,8-9,11H2,1-2H3,(H,17,18). The predicted octanol–water partition coefficient (Wildman–Crippen LogP) is 1.91. The van der Waals surface area contributed by atoms with Gasteiger partial charge in [-0.15, -0.1) is 0 Å². The van der Waals surface area contributed by atoms with Gasteiger partial charge in [0.15, 0.2) is 0 Å². The van der Waals surface area contributed by atoms with Crippen molar-refractivity contribution < 1.29 is 14.6 Å². The van der Waals surface area contributed by atoms with Crippen molar-refractivity contribution in [3.8, 4) is 5.75 Å². The minimum Gasteiger partial charge on any atom is -0.493 e. The Bertz CT molecular complexity index is 520. The molecular formula is C16H21NO3. The van der Waals surface area contributed by atoms with Crippen LogP contribution in [0.2, 0.25) is 0 Å². The summed E-state index contributed by atoms with van der Waals surface area (Å²) in [6.45, 7) is 4.58. The molecule has 4 heteroatoms. The normalized spacial score (nSPS) is 16.6. The summed E-state index contributed by atoms with van der Waals surface area (Å²) in [5, 5.41) is 12.5. The van der Waals surface area contributed by atoms with Gasteiger partial charge in [0.1, 0.15) is 5.75 Å². The van der Waals surface area contributed by atoms with Crippen molar-refractivity contribution in [3.63, 3.8) is 0 Å². The van der Waals surface area contributed by atoms with E-state index in [0.29, 0.717) is 6.42 Å². The maximum atomic E-state index is 11.7. The fourth-order valence-electron chi connectivity index (χ4n) is 1.94. The third-order valence-corrected chi connectivity index (χ3v) is 3.55. The zero-order chi connectivity index (χ0) is 14.6. The molecule has 0 saturated carbocycles. The van der Waals surface area contributed by atoms with Gasteiger partial charge in [-0.1, -0.05) is 13.0 Å². The van der Waals surface area contributed by atoms with E-state index in [1.165, 1.54) is 11.6 Å². The van der Waals surface area contributed by atoms with E-state index in [0.717, 1.165) is 24.3 Å². The number of carbonyl (C=O) groups excluding carboxylic acids is 1. The summed E-state index contributed by atoms with van der Waals surface area (Å²) in [5.74, 6) is 0.737. The zero-order valence-corrected chi connectivity index (χ0v) is 12.0. The molecule has 1 heterocycles. The zero-order valence-electron chi connectivity index (χ0n) is 12.0. The van der Waals surface area contributed by atoms with Crippen LogP contribution in [0, 0.1) is 0 Å². The molecule has 1 aliphatic heterocycles. The molecule has 2 N–H and O–H groups in total. The Hall–Kier alpha value is -1.81. The summed E-state index contributed by atoms with van der Waals surface area (Å²) in [4.78, 5) is 11.7. The first kappa shape index (κ1) is 14.6. The van der Waals surface area contributed by atoms with Gasteiger partial charge in [-0.05, 0) is 42.7 Å². The molecule has 1 unspecified atom stereocenters. The van der Waals surface area contributed by atoms with Gasteiger partial charge in [0.05, 0.1) is 12.2 Å². The maximum absolute atomic E-state index is 11.7. The van der Waals surface area contributed by atoms with Crippen LogP contribution in [0.4, 0.5) is 0 Å². The molecule has 0 aliphatic carbocycles. The minimum atomic E-state index is -0.853. The lowest BCUT2D eigenvalue weighted by atomic mass is 10.0. The van der Waals surface area contributed by atoms with Crippen LogP contribution in [0.25, 0.3) is 6.08 Å². The Morgan fingerprint density at radius 1 is 1.55 bits per heavy atom. The van der Waals surface area contributed by atoms with Crippen LogP contribution in [0.3, 0.4) is 0 Å². The summed E-state index contributed by atoms with van der Waals surface area (Å²) in [6, 6.07) is 5.90. The lowest BCUT2D eigenvalue weighted by Crippen LogP contribution is -2.39. The molecule has 0 spiro atoms. The van der Waals surface area contributed by atoms with Crippen molar-refractivity contribution >= 4 is 12.0 Å². The average molecular weight is 275 g/mol. The number of hydrogen-bond donors (Lipinski definition) is 2. The highest BCUT2D eigenvalue weighted by molar-refractivity contribution is 5.91. The first-order valence-corrected chi connectivity index (χ1v) is 6.94. The molecule has 4 nitrogen and oxygen atoms in total.